The van der Waals surface area contributed by atoms with E-state index in [0.717, 1.165) is 0 Å². The zero-order valence-corrected chi connectivity index (χ0v) is 9.84. The van der Waals surface area contributed by atoms with Crippen LogP contribution in [0.2, 0.25) is 0 Å². The minimum absolute atomic E-state index is 0.0994. The van der Waals surface area contributed by atoms with Gasteiger partial charge in [-0.15, -0.1) is 0 Å². The van der Waals surface area contributed by atoms with Gasteiger partial charge in [0.25, 0.3) is 11.8 Å². The SMILES string of the molecule is Cc1cc(OCC(=O)Nc2cc(C(=O)O)[nH]n2)no1. The number of carboxylic acid groups (broad SMARTS) is 1. The van der Waals surface area contributed by atoms with Gasteiger partial charge in [0.15, 0.2) is 12.4 Å². The Labute approximate surface area is 106 Å². The molecule has 0 bridgehead atoms. The molecule has 0 atom stereocenters. The quantitative estimate of drug-likeness (QED) is 0.714. The third kappa shape index (κ3) is 3.31. The van der Waals surface area contributed by atoms with Crippen molar-refractivity contribution in [1.82, 2.24) is 15.4 Å². The van der Waals surface area contributed by atoms with Gasteiger partial charge < -0.3 is 19.7 Å². The lowest BCUT2D eigenvalue weighted by molar-refractivity contribution is -0.118. The Morgan fingerprint density at radius 1 is 1.53 bits per heavy atom. The lowest BCUT2D eigenvalue weighted by Crippen LogP contribution is -2.20. The first kappa shape index (κ1) is 12.6. The van der Waals surface area contributed by atoms with E-state index in [1.807, 2.05) is 0 Å². The van der Waals surface area contributed by atoms with E-state index in [4.69, 9.17) is 14.4 Å². The normalized spacial score (nSPS) is 10.2. The van der Waals surface area contributed by atoms with Crippen molar-refractivity contribution in [2.24, 2.45) is 0 Å². The molecule has 0 fully saturated rings. The molecule has 9 nitrogen and oxygen atoms in total. The Morgan fingerprint density at radius 3 is 2.89 bits per heavy atom. The highest BCUT2D eigenvalue weighted by Gasteiger charge is 2.11. The average Bonchev–Trinajstić information content (AvgIpc) is 2.96. The second kappa shape index (κ2) is 5.21. The van der Waals surface area contributed by atoms with E-state index in [1.54, 1.807) is 6.92 Å². The summed E-state index contributed by atoms with van der Waals surface area (Å²) >= 11 is 0. The van der Waals surface area contributed by atoms with Crippen LogP contribution >= 0.6 is 0 Å². The summed E-state index contributed by atoms with van der Waals surface area (Å²) in [6.45, 7) is 1.40. The lowest BCUT2D eigenvalue weighted by Gasteiger charge is -2.01. The van der Waals surface area contributed by atoms with E-state index < -0.39 is 11.9 Å². The van der Waals surface area contributed by atoms with E-state index in [9.17, 15) is 9.59 Å². The van der Waals surface area contributed by atoms with Crippen LogP contribution < -0.4 is 10.1 Å². The number of hydrogen-bond donors (Lipinski definition) is 3. The van der Waals surface area contributed by atoms with Crippen LogP contribution in [-0.2, 0) is 4.79 Å². The molecule has 2 heterocycles. The van der Waals surface area contributed by atoms with Crippen LogP contribution in [0.1, 0.15) is 16.2 Å². The number of aromatic nitrogens is 3. The Balaban J connectivity index is 1.85. The fraction of sp³-hybridized carbons (Fsp3) is 0.200. The molecule has 0 radical (unpaired) electrons. The van der Waals surface area contributed by atoms with Crippen LogP contribution in [0.15, 0.2) is 16.7 Å². The molecule has 0 aliphatic carbocycles. The molecular formula is C10H10N4O5. The number of carbonyl (C=O) groups is 2. The van der Waals surface area contributed by atoms with Crippen molar-refractivity contribution >= 4 is 17.7 Å². The Kier molecular flexibility index (Phi) is 3.46. The molecule has 0 aromatic carbocycles. The van der Waals surface area contributed by atoms with Gasteiger partial charge in [0, 0.05) is 12.1 Å². The molecule has 9 heteroatoms. The van der Waals surface area contributed by atoms with E-state index in [1.165, 1.54) is 12.1 Å². The van der Waals surface area contributed by atoms with E-state index in [0.29, 0.717) is 5.76 Å². The van der Waals surface area contributed by atoms with Gasteiger partial charge in [0.2, 0.25) is 0 Å². The highest BCUT2D eigenvalue weighted by Crippen LogP contribution is 2.10. The highest BCUT2D eigenvalue weighted by atomic mass is 16.5. The number of aromatic amines is 1. The smallest absolute Gasteiger partial charge is 0.353 e. The minimum Gasteiger partial charge on any atom is -0.477 e. The van der Waals surface area contributed by atoms with Gasteiger partial charge in [-0.3, -0.25) is 9.89 Å². The van der Waals surface area contributed by atoms with Crippen molar-refractivity contribution in [1.29, 1.82) is 0 Å². The summed E-state index contributed by atoms with van der Waals surface area (Å²) in [5, 5.41) is 20.4. The number of hydrogen-bond acceptors (Lipinski definition) is 6. The monoisotopic (exact) mass is 266 g/mol. The number of rotatable bonds is 5. The topological polar surface area (TPSA) is 130 Å². The van der Waals surface area contributed by atoms with Crippen LogP contribution in [0.4, 0.5) is 5.82 Å². The van der Waals surface area contributed by atoms with Crippen LogP contribution in [0.25, 0.3) is 0 Å². The molecule has 0 saturated heterocycles. The number of carbonyl (C=O) groups excluding carboxylic acids is 1. The zero-order chi connectivity index (χ0) is 13.8. The molecular weight excluding hydrogens is 256 g/mol. The number of carboxylic acids is 1. The average molecular weight is 266 g/mol. The summed E-state index contributed by atoms with van der Waals surface area (Å²) in [4.78, 5) is 22.1. The van der Waals surface area contributed by atoms with Gasteiger partial charge in [0.1, 0.15) is 11.5 Å². The molecule has 0 spiro atoms. The predicted octanol–water partition coefficient (Wildman–Crippen LogP) is 0.422. The number of nitrogens with zero attached hydrogens (tertiary/aromatic N) is 2. The van der Waals surface area contributed by atoms with Crippen molar-refractivity contribution in [2.75, 3.05) is 11.9 Å². The molecule has 2 rings (SSSR count). The third-order valence-corrected chi connectivity index (χ3v) is 2.03. The number of aryl methyl sites for hydroxylation is 1. The number of aromatic carboxylic acids is 1. The second-order valence-electron chi connectivity index (χ2n) is 3.58. The summed E-state index contributed by atoms with van der Waals surface area (Å²) in [5.41, 5.74) is -0.122. The van der Waals surface area contributed by atoms with Gasteiger partial charge in [-0.1, -0.05) is 0 Å². The van der Waals surface area contributed by atoms with Crippen molar-refractivity contribution in [3.05, 3.63) is 23.6 Å². The van der Waals surface area contributed by atoms with Crippen molar-refractivity contribution < 1.29 is 24.0 Å². The summed E-state index contributed by atoms with van der Waals surface area (Å²) < 4.78 is 9.80. The molecule has 3 N–H and O–H groups in total. The van der Waals surface area contributed by atoms with Crippen LogP contribution in [0.5, 0.6) is 5.88 Å². The maximum atomic E-state index is 11.5. The molecule has 0 aliphatic heterocycles. The standard InChI is InChI=1S/C10H10N4O5/c1-5-2-9(14-19-5)18-4-8(15)11-7-3-6(10(16)17)12-13-7/h2-3H,4H2,1H3,(H,16,17)(H2,11,12,13,15). The van der Waals surface area contributed by atoms with E-state index in [2.05, 4.69) is 20.7 Å². The summed E-state index contributed by atoms with van der Waals surface area (Å²) in [6.07, 6.45) is 0. The third-order valence-electron chi connectivity index (χ3n) is 2.03. The second-order valence-corrected chi connectivity index (χ2v) is 3.58. The van der Waals surface area contributed by atoms with Gasteiger partial charge >= 0.3 is 5.97 Å². The van der Waals surface area contributed by atoms with Crippen LogP contribution in [-0.4, -0.2) is 38.9 Å². The molecule has 19 heavy (non-hydrogen) atoms. The number of H-pyrrole nitrogens is 1. The minimum atomic E-state index is -1.16. The summed E-state index contributed by atoms with van der Waals surface area (Å²) in [7, 11) is 0. The lowest BCUT2D eigenvalue weighted by atomic mass is 10.4. The Hall–Kier alpha value is -2.84. The maximum Gasteiger partial charge on any atom is 0.353 e. The fourth-order valence-corrected chi connectivity index (χ4v) is 1.23. The first-order chi connectivity index (χ1) is 9.04. The molecule has 100 valence electrons. The van der Waals surface area contributed by atoms with E-state index in [-0.39, 0.29) is 24.0 Å². The molecule has 1 amide bonds. The first-order valence-electron chi connectivity index (χ1n) is 5.19. The first-order valence-corrected chi connectivity index (χ1v) is 5.19. The van der Waals surface area contributed by atoms with Gasteiger partial charge in [-0.2, -0.15) is 5.10 Å². The number of nitrogens with one attached hydrogen (secondary N) is 2. The highest BCUT2D eigenvalue weighted by molar-refractivity contribution is 5.92. The van der Waals surface area contributed by atoms with Crippen molar-refractivity contribution in [2.45, 2.75) is 6.92 Å². The van der Waals surface area contributed by atoms with Crippen LogP contribution in [0, 0.1) is 6.92 Å². The zero-order valence-electron chi connectivity index (χ0n) is 9.84. The maximum absolute atomic E-state index is 11.5. The van der Waals surface area contributed by atoms with E-state index >= 15 is 0 Å². The van der Waals surface area contributed by atoms with Gasteiger partial charge in [-0.05, 0) is 12.1 Å². The molecule has 0 saturated carbocycles. The molecule has 2 aromatic heterocycles. The number of ether oxygens (including phenoxy) is 1. The van der Waals surface area contributed by atoms with Gasteiger partial charge in [0.05, 0.1) is 0 Å². The van der Waals surface area contributed by atoms with Gasteiger partial charge in [-0.25, -0.2) is 4.79 Å². The van der Waals surface area contributed by atoms with Crippen molar-refractivity contribution in [3.8, 4) is 5.88 Å². The fourth-order valence-electron chi connectivity index (χ4n) is 1.23. The Bertz CT molecular complexity index is 603. The largest absolute Gasteiger partial charge is 0.477 e. The molecule has 2 aromatic rings. The summed E-state index contributed by atoms with van der Waals surface area (Å²) in [6, 6.07) is 2.73. The summed E-state index contributed by atoms with van der Waals surface area (Å²) in [5.74, 6) is -0.802. The van der Waals surface area contributed by atoms with Crippen molar-refractivity contribution in [3.63, 3.8) is 0 Å². The number of anilines is 1. The molecule has 0 aliphatic rings. The van der Waals surface area contributed by atoms with Crippen LogP contribution in [0.3, 0.4) is 0 Å². The Morgan fingerprint density at radius 2 is 2.32 bits per heavy atom. The molecule has 0 unspecified atom stereocenters. The predicted molar refractivity (Wildman–Crippen MR) is 60.9 cm³/mol. The number of amides is 1.